The molecule has 1 atom stereocenters. The third kappa shape index (κ3) is 1.87. The number of aliphatic hydroxyl groups excluding tert-OH is 2. The van der Waals surface area contributed by atoms with Crippen molar-refractivity contribution in [3.63, 3.8) is 0 Å². The number of furan rings is 1. The summed E-state index contributed by atoms with van der Waals surface area (Å²) < 4.78 is 4.97. The highest BCUT2D eigenvalue weighted by Gasteiger charge is 2.13. The molecule has 0 fully saturated rings. The molecule has 0 saturated heterocycles. The van der Waals surface area contributed by atoms with Gasteiger partial charge in [-0.15, -0.1) is 0 Å². The van der Waals surface area contributed by atoms with Gasteiger partial charge in [-0.1, -0.05) is 13.3 Å². The summed E-state index contributed by atoms with van der Waals surface area (Å²) in [5.74, 6) is 0.468. The highest BCUT2D eigenvalue weighted by atomic mass is 16.4. The second-order valence-corrected chi connectivity index (χ2v) is 2.76. The maximum absolute atomic E-state index is 9.55. The molecule has 0 aliphatic rings. The van der Waals surface area contributed by atoms with Gasteiger partial charge in [-0.05, 0) is 12.5 Å². The molecule has 0 spiro atoms. The van der Waals surface area contributed by atoms with E-state index in [0.717, 1.165) is 6.42 Å². The van der Waals surface area contributed by atoms with Crippen molar-refractivity contribution in [2.75, 3.05) is 0 Å². The molecular formula is C9H14O3. The van der Waals surface area contributed by atoms with E-state index in [1.54, 1.807) is 6.07 Å². The van der Waals surface area contributed by atoms with Crippen molar-refractivity contribution in [1.29, 1.82) is 0 Å². The molecule has 12 heavy (non-hydrogen) atoms. The first-order valence-electron chi connectivity index (χ1n) is 4.14. The molecule has 0 aromatic carbocycles. The highest BCUT2D eigenvalue weighted by molar-refractivity contribution is 5.18. The molecule has 0 bridgehead atoms. The maximum atomic E-state index is 9.55. The number of hydrogen-bond acceptors (Lipinski definition) is 3. The largest absolute Gasteiger partial charge is 0.467 e. The van der Waals surface area contributed by atoms with Crippen LogP contribution < -0.4 is 0 Å². The molecule has 1 rings (SSSR count). The minimum atomic E-state index is -0.504. The SMILES string of the molecule is CCCC(O)c1ccoc1CO. The molecule has 0 aliphatic heterocycles. The lowest BCUT2D eigenvalue weighted by Gasteiger charge is -2.07. The fourth-order valence-electron chi connectivity index (χ4n) is 1.20. The van der Waals surface area contributed by atoms with E-state index in [0.29, 0.717) is 17.7 Å². The molecule has 0 radical (unpaired) electrons. The molecule has 1 heterocycles. The Morgan fingerprint density at radius 1 is 1.58 bits per heavy atom. The monoisotopic (exact) mass is 170 g/mol. The van der Waals surface area contributed by atoms with Gasteiger partial charge in [-0.25, -0.2) is 0 Å². The van der Waals surface area contributed by atoms with E-state index in [4.69, 9.17) is 9.52 Å². The van der Waals surface area contributed by atoms with Gasteiger partial charge in [0, 0.05) is 5.56 Å². The second kappa shape index (κ2) is 4.28. The van der Waals surface area contributed by atoms with E-state index >= 15 is 0 Å². The Morgan fingerprint density at radius 2 is 2.33 bits per heavy atom. The topological polar surface area (TPSA) is 53.6 Å². The van der Waals surface area contributed by atoms with Crippen molar-refractivity contribution in [3.8, 4) is 0 Å². The summed E-state index contributed by atoms with van der Waals surface area (Å²) in [5.41, 5.74) is 0.708. The summed E-state index contributed by atoms with van der Waals surface area (Å²) in [6, 6.07) is 1.70. The van der Waals surface area contributed by atoms with E-state index in [1.165, 1.54) is 6.26 Å². The summed E-state index contributed by atoms with van der Waals surface area (Å²) >= 11 is 0. The summed E-state index contributed by atoms with van der Waals surface area (Å²) in [4.78, 5) is 0. The molecule has 68 valence electrons. The lowest BCUT2D eigenvalue weighted by atomic mass is 10.1. The molecule has 0 aliphatic carbocycles. The predicted molar refractivity (Wildman–Crippen MR) is 44.5 cm³/mol. The second-order valence-electron chi connectivity index (χ2n) is 2.76. The normalized spacial score (nSPS) is 13.2. The van der Waals surface area contributed by atoms with Gasteiger partial charge >= 0.3 is 0 Å². The lowest BCUT2D eigenvalue weighted by Crippen LogP contribution is -1.98. The zero-order valence-electron chi connectivity index (χ0n) is 7.16. The van der Waals surface area contributed by atoms with Crippen LogP contribution in [0.1, 0.15) is 37.2 Å². The van der Waals surface area contributed by atoms with Crippen LogP contribution in [0.5, 0.6) is 0 Å². The summed E-state index contributed by atoms with van der Waals surface area (Å²) in [5, 5.41) is 18.4. The highest BCUT2D eigenvalue weighted by Crippen LogP contribution is 2.22. The zero-order chi connectivity index (χ0) is 8.97. The van der Waals surface area contributed by atoms with Crippen molar-refractivity contribution >= 4 is 0 Å². The van der Waals surface area contributed by atoms with E-state index in [-0.39, 0.29) is 6.61 Å². The summed E-state index contributed by atoms with van der Waals surface area (Å²) in [6.45, 7) is 1.85. The van der Waals surface area contributed by atoms with Gasteiger partial charge in [-0.2, -0.15) is 0 Å². The van der Waals surface area contributed by atoms with Gasteiger partial charge in [0.1, 0.15) is 12.4 Å². The quantitative estimate of drug-likeness (QED) is 0.721. The molecule has 1 aromatic heterocycles. The first-order valence-corrected chi connectivity index (χ1v) is 4.14. The maximum Gasteiger partial charge on any atom is 0.134 e. The smallest absolute Gasteiger partial charge is 0.134 e. The van der Waals surface area contributed by atoms with E-state index in [9.17, 15) is 5.11 Å². The Kier molecular flexibility index (Phi) is 3.31. The van der Waals surface area contributed by atoms with E-state index in [2.05, 4.69) is 0 Å². The number of hydrogen-bond donors (Lipinski definition) is 2. The fraction of sp³-hybridized carbons (Fsp3) is 0.556. The van der Waals surface area contributed by atoms with Crippen LogP contribution in [0.15, 0.2) is 16.7 Å². The van der Waals surface area contributed by atoms with Gasteiger partial charge in [0.2, 0.25) is 0 Å². The fourth-order valence-corrected chi connectivity index (χ4v) is 1.20. The lowest BCUT2D eigenvalue weighted by molar-refractivity contribution is 0.158. The third-order valence-electron chi connectivity index (χ3n) is 1.84. The summed E-state index contributed by atoms with van der Waals surface area (Å²) in [6.07, 6.45) is 2.60. The Bertz CT molecular complexity index is 229. The Labute approximate surface area is 71.6 Å². The summed E-state index contributed by atoms with van der Waals surface area (Å²) in [7, 11) is 0. The van der Waals surface area contributed by atoms with Gasteiger partial charge in [0.05, 0.1) is 12.4 Å². The first-order chi connectivity index (χ1) is 5.79. The van der Waals surface area contributed by atoms with E-state index < -0.39 is 6.10 Å². The molecule has 3 heteroatoms. The number of aliphatic hydroxyl groups is 2. The van der Waals surface area contributed by atoms with Crippen molar-refractivity contribution < 1.29 is 14.6 Å². The van der Waals surface area contributed by atoms with Gasteiger partial charge in [0.15, 0.2) is 0 Å². The van der Waals surface area contributed by atoms with Crippen LogP contribution in [-0.2, 0) is 6.61 Å². The molecule has 3 nitrogen and oxygen atoms in total. The number of rotatable bonds is 4. The average molecular weight is 170 g/mol. The average Bonchev–Trinajstić information content (AvgIpc) is 2.51. The molecular weight excluding hydrogens is 156 g/mol. The molecule has 0 amide bonds. The van der Waals surface area contributed by atoms with Gasteiger partial charge in [-0.3, -0.25) is 0 Å². The zero-order valence-corrected chi connectivity index (χ0v) is 7.16. The van der Waals surface area contributed by atoms with Crippen LogP contribution >= 0.6 is 0 Å². The van der Waals surface area contributed by atoms with Gasteiger partial charge in [0.25, 0.3) is 0 Å². The minimum absolute atomic E-state index is 0.150. The Morgan fingerprint density at radius 3 is 2.92 bits per heavy atom. The van der Waals surface area contributed by atoms with Crippen molar-refractivity contribution in [2.24, 2.45) is 0 Å². The van der Waals surface area contributed by atoms with Crippen molar-refractivity contribution in [2.45, 2.75) is 32.5 Å². The van der Waals surface area contributed by atoms with Gasteiger partial charge < -0.3 is 14.6 Å². The standard InChI is InChI=1S/C9H14O3/c1-2-3-8(11)7-4-5-12-9(7)6-10/h4-5,8,10-11H,2-3,6H2,1H3. The van der Waals surface area contributed by atoms with Crippen LogP contribution in [0.3, 0.4) is 0 Å². The first kappa shape index (κ1) is 9.29. The molecule has 0 saturated carbocycles. The molecule has 1 unspecified atom stereocenters. The minimum Gasteiger partial charge on any atom is -0.467 e. The van der Waals surface area contributed by atoms with Crippen molar-refractivity contribution in [1.82, 2.24) is 0 Å². The Balaban J connectivity index is 2.71. The van der Waals surface area contributed by atoms with Crippen LogP contribution in [0.4, 0.5) is 0 Å². The van der Waals surface area contributed by atoms with E-state index in [1.807, 2.05) is 6.92 Å². The Hall–Kier alpha value is -0.800. The molecule has 1 aromatic rings. The van der Waals surface area contributed by atoms with Crippen molar-refractivity contribution in [3.05, 3.63) is 23.7 Å². The predicted octanol–water partition coefficient (Wildman–Crippen LogP) is 1.61. The van der Waals surface area contributed by atoms with Crippen LogP contribution in [0, 0.1) is 0 Å². The van der Waals surface area contributed by atoms with Crippen LogP contribution in [0.2, 0.25) is 0 Å². The van der Waals surface area contributed by atoms with Crippen LogP contribution in [-0.4, -0.2) is 10.2 Å². The van der Waals surface area contributed by atoms with Crippen LogP contribution in [0.25, 0.3) is 0 Å². The molecule has 2 N–H and O–H groups in total. The third-order valence-corrected chi connectivity index (χ3v) is 1.84.